The zero-order valence-corrected chi connectivity index (χ0v) is 12.7. The lowest BCUT2D eigenvalue weighted by Crippen LogP contribution is -2.25. The molecular weight excluding hydrogens is 252 g/mol. The Balaban J connectivity index is 3.63. The van der Waals surface area contributed by atoms with Crippen molar-refractivity contribution in [1.82, 2.24) is 9.78 Å². The van der Waals surface area contributed by atoms with Gasteiger partial charge in [0.05, 0.1) is 5.54 Å². The van der Waals surface area contributed by atoms with E-state index in [1.54, 1.807) is 16.6 Å². The molecule has 0 saturated carbocycles. The fourth-order valence-corrected chi connectivity index (χ4v) is 2.67. The second kappa shape index (κ2) is 4.46. The molecule has 18 heavy (non-hydrogen) atoms. The van der Waals surface area contributed by atoms with E-state index in [1.807, 2.05) is 27.7 Å². The lowest BCUT2D eigenvalue weighted by atomic mass is 10.1. The average molecular weight is 274 g/mol. The summed E-state index contributed by atoms with van der Waals surface area (Å²) in [7, 11) is -1.61. The molecule has 0 fully saturated rings. The van der Waals surface area contributed by atoms with Crippen molar-refractivity contribution < 1.29 is 8.42 Å². The maximum atomic E-state index is 11.9. The van der Waals surface area contributed by atoms with Gasteiger partial charge < -0.3 is 10.6 Å². The maximum absolute atomic E-state index is 11.9. The van der Waals surface area contributed by atoms with Gasteiger partial charge in [-0.3, -0.25) is 0 Å². The number of rotatable bonds is 3. The van der Waals surface area contributed by atoms with Crippen LogP contribution in [0.3, 0.4) is 0 Å². The van der Waals surface area contributed by atoms with E-state index in [0.717, 1.165) is 6.26 Å². The van der Waals surface area contributed by atoms with Gasteiger partial charge in [-0.15, -0.1) is 0 Å². The van der Waals surface area contributed by atoms with E-state index in [4.69, 9.17) is 5.73 Å². The molecule has 0 amide bonds. The van der Waals surface area contributed by atoms with E-state index in [2.05, 4.69) is 5.10 Å². The molecule has 0 bridgehead atoms. The smallest absolute Gasteiger partial charge is 0.182 e. The largest absolute Gasteiger partial charge is 0.383 e. The summed E-state index contributed by atoms with van der Waals surface area (Å²) in [5, 5.41) is 4.36. The Hall–Kier alpha value is -1.24. The van der Waals surface area contributed by atoms with E-state index < -0.39 is 9.84 Å². The first kappa shape index (κ1) is 14.8. The topological polar surface area (TPSA) is 81.2 Å². The SMILES string of the molecule is CCN(C)c1nn(C(C)(C)C)c(N)c1S(C)(=O)=O. The Kier molecular flexibility index (Phi) is 3.67. The van der Waals surface area contributed by atoms with Gasteiger partial charge in [0.15, 0.2) is 20.6 Å². The standard InChI is InChI=1S/C11H22N4O2S/c1-7-14(5)10-8(18(6,16)17)9(12)15(13-10)11(2,3)4/h7,12H2,1-6H3. The first-order valence-electron chi connectivity index (χ1n) is 5.80. The third-order valence-corrected chi connectivity index (χ3v) is 3.83. The predicted octanol–water partition coefficient (Wildman–Crippen LogP) is 1.08. The van der Waals surface area contributed by atoms with Crippen LogP contribution in [0.25, 0.3) is 0 Å². The van der Waals surface area contributed by atoms with Gasteiger partial charge in [-0.1, -0.05) is 0 Å². The Bertz CT molecular complexity index is 540. The van der Waals surface area contributed by atoms with Crippen LogP contribution in [0.5, 0.6) is 0 Å². The summed E-state index contributed by atoms with van der Waals surface area (Å²) < 4.78 is 25.3. The minimum atomic E-state index is -3.41. The summed E-state index contributed by atoms with van der Waals surface area (Å²) in [4.78, 5) is 1.89. The number of hydrogen-bond acceptors (Lipinski definition) is 5. The Morgan fingerprint density at radius 2 is 1.89 bits per heavy atom. The lowest BCUT2D eigenvalue weighted by molar-refractivity contribution is 0.361. The van der Waals surface area contributed by atoms with Crippen molar-refractivity contribution in [2.75, 3.05) is 30.5 Å². The number of nitrogen functional groups attached to an aromatic ring is 1. The minimum Gasteiger partial charge on any atom is -0.383 e. The van der Waals surface area contributed by atoms with Gasteiger partial charge in [-0.05, 0) is 27.7 Å². The van der Waals surface area contributed by atoms with Crippen molar-refractivity contribution in [2.45, 2.75) is 38.1 Å². The molecule has 1 aromatic heterocycles. The van der Waals surface area contributed by atoms with E-state index >= 15 is 0 Å². The molecule has 1 heterocycles. The molecule has 7 heteroatoms. The fourth-order valence-electron chi connectivity index (χ4n) is 1.67. The summed E-state index contributed by atoms with van der Waals surface area (Å²) >= 11 is 0. The minimum absolute atomic E-state index is 0.113. The van der Waals surface area contributed by atoms with Gasteiger partial charge >= 0.3 is 0 Å². The van der Waals surface area contributed by atoms with Crippen LogP contribution >= 0.6 is 0 Å². The molecular formula is C11H22N4O2S. The molecule has 0 radical (unpaired) electrons. The second-order valence-corrected chi connectivity index (χ2v) is 7.36. The molecule has 1 aromatic rings. The number of anilines is 2. The number of nitrogens with two attached hydrogens (primary N) is 1. The molecule has 0 saturated heterocycles. The Labute approximate surface area is 109 Å². The lowest BCUT2D eigenvalue weighted by Gasteiger charge is -2.20. The normalized spacial score (nSPS) is 12.8. The highest BCUT2D eigenvalue weighted by atomic mass is 32.2. The van der Waals surface area contributed by atoms with Crippen LogP contribution in [0.1, 0.15) is 27.7 Å². The van der Waals surface area contributed by atoms with Gasteiger partial charge in [0.2, 0.25) is 0 Å². The van der Waals surface area contributed by atoms with Gasteiger partial charge in [0.25, 0.3) is 0 Å². The van der Waals surface area contributed by atoms with Crippen LogP contribution in [0.2, 0.25) is 0 Å². The van der Waals surface area contributed by atoms with Crippen LogP contribution in [0, 0.1) is 0 Å². The van der Waals surface area contributed by atoms with Gasteiger partial charge in [0.1, 0.15) is 5.82 Å². The van der Waals surface area contributed by atoms with Gasteiger partial charge in [0, 0.05) is 19.8 Å². The van der Waals surface area contributed by atoms with Crippen LogP contribution in [-0.2, 0) is 15.4 Å². The van der Waals surface area contributed by atoms with Crippen molar-refractivity contribution >= 4 is 21.5 Å². The molecule has 0 aromatic carbocycles. The molecule has 2 N–H and O–H groups in total. The van der Waals surface area contributed by atoms with Crippen molar-refractivity contribution in [3.63, 3.8) is 0 Å². The number of nitrogens with zero attached hydrogens (tertiary/aromatic N) is 3. The molecule has 1 rings (SSSR count). The monoisotopic (exact) mass is 274 g/mol. The zero-order valence-electron chi connectivity index (χ0n) is 11.9. The first-order chi connectivity index (χ1) is 8.00. The molecule has 6 nitrogen and oxygen atoms in total. The molecule has 0 aliphatic carbocycles. The summed E-state index contributed by atoms with van der Waals surface area (Å²) in [5.41, 5.74) is 5.60. The molecule has 0 atom stereocenters. The molecule has 0 unspecified atom stereocenters. The van der Waals surface area contributed by atoms with Crippen molar-refractivity contribution in [3.8, 4) is 0 Å². The van der Waals surface area contributed by atoms with Gasteiger partial charge in [-0.25, -0.2) is 13.1 Å². The van der Waals surface area contributed by atoms with E-state index in [9.17, 15) is 8.42 Å². The van der Waals surface area contributed by atoms with E-state index in [0.29, 0.717) is 12.4 Å². The van der Waals surface area contributed by atoms with Crippen molar-refractivity contribution in [1.29, 1.82) is 0 Å². The first-order valence-corrected chi connectivity index (χ1v) is 7.69. The highest BCUT2D eigenvalue weighted by molar-refractivity contribution is 7.91. The fraction of sp³-hybridized carbons (Fsp3) is 0.727. The van der Waals surface area contributed by atoms with Crippen LogP contribution in [-0.4, -0.2) is 38.0 Å². The van der Waals surface area contributed by atoms with Crippen LogP contribution < -0.4 is 10.6 Å². The number of hydrogen-bond donors (Lipinski definition) is 1. The van der Waals surface area contributed by atoms with Gasteiger partial charge in [-0.2, -0.15) is 5.10 Å². The van der Waals surface area contributed by atoms with E-state index in [-0.39, 0.29) is 16.3 Å². The molecule has 0 spiro atoms. The van der Waals surface area contributed by atoms with Crippen molar-refractivity contribution in [2.24, 2.45) is 0 Å². The van der Waals surface area contributed by atoms with Crippen LogP contribution in [0.15, 0.2) is 4.90 Å². The van der Waals surface area contributed by atoms with Crippen LogP contribution in [0.4, 0.5) is 11.6 Å². The average Bonchev–Trinajstić information content (AvgIpc) is 2.53. The van der Waals surface area contributed by atoms with E-state index in [1.165, 1.54) is 0 Å². The number of sulfone groups is 1. The van der Waals surface area contributed by atoms with Crippen molar-refractivity contribution in [3.05, 3.63) is 0 Å². The zero-order chi connectivity index (χ0) is 14.3. The molecule has 104 valence electrons. The Morgan fingerprint density at radius 1 is 1.39 bits per heavy atom. The third-order valence-electron chi connectivity index (χ3n) is 2.70. The summed E-state index contributed by atoms with van der Waals surface area (Å²) in [6, 6.07) is 0. The number of aromatic nitrogens is 2. The quantitative estimate of drug-likeness (QED) is 0.892. The Morgan fingerprint density at radius 3 is 2.22 bits per heavy atom. The highest BCUT2D eigenvalue weighted by Gasteiger charge is 2.29. The predicted molar refractivity (Wildman–Crippen MR) is 73.7 cm³/mol. The molecule has 0 aliphatic heterocycles. The molecule has 0 aliphatic rings. The summed E-state index contributed by atoms with van der Waals surface area (Å²) in [6.07, 6.45) is 1.15. The maximum Gasteiger partial charge on any atom is 0.182 e. The third kappa shape index (κ3) is 2.60. The second-order valence-electron chi connectivity index (χ2n) is 5.41. The summed E-state index contributed by atoms with van der Waals surface area (Å²) in [6.45, 7) is 8.37. The highest BCUT2D eigenvalue weighted by Crippen LogP contribution is 2.32. The summed E-state index contributed by atoms with van der Waals surface area (Å²) in [5.74, 6) is 0.604.